The lowest BCUT2D eigenvalue weighted by Gasteiger charge is -2.25. The van der Waals surface area contributed by atoms with E-state index in [9.17, 15) is 0 Å². The van der Waals surface area contributed by atoms with Gasteiger partial charge in [-0.25, -0.2) is 0 Å². The molecule has 2 aromatic carbocycles. The van der Waals surface area contributed by atoms with Gasteiger partial charge in [0.05, 0.1) is 5.22 Å². The summed E-state index contributed by atoms with van der Waals surface area (Å²) in [5.41, 5.74) is 2.03. The summed E-state index contributed by atoms with van der Waals surface area (Å²) < 4.78 is 0.169. The highest BCUT2D eigenvalue weighted by atomic mass is 32.1. The molecule has 0 radical (unpaired) electrons. The maximum absolute atomic E-state index is 4.51. The SMILES string of the molecule is c1ccc([N+]2(c3ccccc3)N=NN=C2c2cccs2)cc1. The second-order valence-electron chi connectivity index (χ2n) is 4.89. The van der Waals surface area contributed by atoms with Gasteiger partial charge in [-0.15, -0.1) is 11.3 Å². The molecule has 0 bridgehead atoms. The van der Waals surface area contributed by atoms with Gasteiger partial charge in [-0.1, -0.05) is 52.2 Å². The van der Waals surface area contributed by atoms with Crippen molar-refractivity contribution in [2.24, 2.45) is 15.5 Å². The van der Waals surface area contributed by atoms with Crippen molar-refractivity contribution in [1.29, 1.82) is 0 Å². The van der Waals surface area contributed by atoms with Crippen LogP contribution in [0.3, 0.4) is 0 Å². The largest absolute Gasteiger partial charge is 0.304 e. The van der Waals surface area contributed by atoms with Gasteiger partial charge in [0, 0.05) is 29.5 Å². The van der Waals surface area contributed by atoms with Crippen molar-refractivity contribution in [2.45, 2.75) is 0 Å². The van der Waals surface area contributed by atoms with Gasteiger partial charge < -0.3 is 0 Å². The van der Waals surface area contributed by atoms with Gasteiger partial charge in [-0.05, 0) is 11.4 Å². The maximum atomic E-state index is 4.51. The number of benzene rings is 2. The van der Waals surface area contributed by atoms with E-state index in [4.69, 9.17) is 0 Å². The van der Waals surface area contributed by atoms with E-state index >= 15 is 0 Å². The number of amidine groups is 1. The van der Waals surface area contributed by atoms with Gasteiger partial charge in [0.1, 0.15) is 4.88 Å². The molecule has 22 heavy (non-hydrogen) atoms. The van der Waals surface area contributed by atoms with Crippen molar-refractivity contribution < 1.29 is 0 Å². The zero-order valence-corrected chi connectivity index (χ0v) is 12.5. The molecular weight excluding hydrogens is 292 g/mol. The Labute approximate surface area is 132 Å². The number of hydrogen-bond acceptors (Lipinski definition) is 4. The van der Waals surface area contributed by atoms with Crippen LogP contribution in [0.4, 0.5) is 11.4 Å². The third kappa shape index (κ3) is 1.91. The van der Waals surface area contributed by atoms with Crippen molar-refractivity contribution >= 4 is 28.5 Å². The van der Waals surface area contributed by atoms with Crippen LogP contribution in [0.25, 0.3) is 0 Å². The van der Waals surface area contributed by atoms with Gasteiger partial charge in [0.2, 0.25) is 0 Å². The van der Waals surface area contributed by atoms with Crippen LogP contribution < -0.4 is 4.59 Å². The Morgan fingerprint density at radius 1 is 0.727 bits per heavy atom. The number of para-hydroxylation sites is 2. The number of quaternary nitrogens is 1. The average molecular weight is 305 g/mol. The molecule has 0 saturated heterocycles. The Morgan fingerprint density at radius 3 is 1.91 bits per heavy atom. The molecule has 0 atom stereocenters. The Kier molecular flexibility index (Phi) is 3.14. The highest BCUT2D eigenvalue weighted by Crippen LogP contribution is 2.41. The van der Waals surface area contributed by atoms with E-state index in [1.807, 2.05) is 47.8 Å². The summed E-state index contributed by atoms with van der Waals surface area (Å²) >= 11 is 1.65. The third-order valence-electron chi connectivity index (χ3n) is 3.62. The topological polar surface area (TPSA) is 37.1 Å². The lowest BCUT2D eigenvalue weighted by molar-refractivity contribution is 0.576. The van der Waals surface area contributed by atoms with Crippen LogP contribution in [-0.4, -0.2) is 5.84 Å². The summed E-state index contributed by atoms with van der Waals surface area (Å²) in [5, 5.41) is 14.9. The molecule has 5 heteroatoms. The minimum absolute atomic E-state index is 0.169. The van der Waals surface area contributed by atoms with Crippen molar-refractivity contribution in [3.05, 3.63) is 83.1 Å². The fraction of sp³-hybridized carbons (Fsp3) is 0. The van der Waals surface area contributed by atoms with Crippen LogP contribution in [0.15, 0.2) is 93.7 Å². The molecule has 1 aromatic heterocycles. The smallest absolute Gasteiger partial charge is 0.136 e. The molecule has 0 saturated carbocycles. The fourth-order valence-electron chi connectivity index (χ4n) is 2.63. The Bertz CT molecular complexity index is 784. The quantitative estimate of drug-likeness (QED) is 0.602. The van der Waals surface area contributed by atoms with Crippen molar-refractivity contribution in [1.82, 2.24) is 4.59 Å². The highest BCUT2D eigenvalue weighted by molar-refractivity contribution is 7.12. The van der Waals surface area contributed by atoms with E-state index in [0.717, 1.165) is 22.1 Å². The monoisotopic (exact) mass is 305 g/mol. The normalized spacial score (nSPS) is 15.7. The van der Waals surface area contributed by atoms with E-state index in [-0.39, 0.29) is 4.59 Å². The summed E-state index contributed by atoms with van der Waals surface area (Å²) in [6.45, 7) is 0. The molecule has 0 aliphatic carbocycles. The van der Waals surface area contributed by atoms with Gasteiger partial charge in [0.15, 0.2) is 11.4 Å². The molecule has 3 aromatic rings. The standard InChI is InChI=1S/C17H13N4S/c1-3-8-14(9-4-1)21(15-10-5-2-6-11-15)17(18-19-20-21)16-12-7-13-22-16/h1-13H/q+1. The van der Waals surface area contributed by atoms with Crippen molar-refractivity contribution in [3.63, 3.8) is 0 Å². The van der Waals surface area contributed by atoms with Crippen LogP contribution >= 0.6 is 11.3 Å². The molecule has 1 aliphatic rings. The van der Waals surface area contributed by atoms with Crippen LogP contribution in [-0.2, 0) is 0 Å². The fourth-order valence-corrected chi connectivity index (χ4v) is 3.37. The molecule has 0 unspecified atom stereocenters. The van der Waals surface area contributed by atoms with Gasteiger partial charge >= 0.3 is 5.84 Å². The molecule has 0 amide bonds. The number of nitrogens with zero attached hydrogens (tertiary/aromatic N) is 4. The molecular formula is C17H13N4S+. The van der Waals surface area contributed by atoms with Crippen molar-refractivity contribution in [2.75, 3.05) is 0 Å². The second-order valence-corrected chi connectivity index (χ2v) is 5.83. The molecule has 4 rings (SSSR count). The average Bonchev–Trinajstić information content (AvgIpc) is 3.26. The van der Waals surface area contributed by atoms with E-state index in [0.29, 0.717) is 0 Å². The Balaban J connectivity index is 1.98. The molecule has 106 valence electrons. The van der Waals surface area contributed by atoms with Crippen molar-refractivity contribution in [3.8, 4) is 0 Å². The van der Waals surface area contributed by atoms with E-state index in [2.05, 4.69) is 45.9 Å². The summed E-state index contributed by atoms with van der Waals surface area (Å²) in [6.07, 6.45) is 0. The summed E-state index contributed by atoms with van der Waals surface area (Å²) in [6, 6.07) is 24.3. The predicted molar refractivity (Wildman–Crippen MR) is 90.1 cm³/mol. The first kappa shape index (κ1) is 13.1. The van der Waals surface area contributed by atoms with E-state index < -0.39 is 0 Å². The number of hydrogen-bond donors (Lipinski definition) is 0. The molecule has 0 spiro atoms. The Morgan fingerprint density at radius 2 is 1.36 bits per heavy atom. The predicted octanol–water partition coefficient (Wildman–Crippen LogP) is 5.13. The summed E-state index contributed by atoms with van der Waals surface area (Å²) in [5.74, 6) is 0.826. The minimum atomic E-state index is 0.169. The highest BCUT2D eigenvalue weighted by Gasteiger charge is 2.46. The van der Waals surface area contributed by atoms with E-state index in [1.54, 1.807) is 11.3 Å². The summed E-state index contributed by atoms with van der Waals surface area (Å²) in [7, 11) is 0. The van der Waals surface area contributed by atoms with Gasteiger partial charge in [0.25, 0.3) is 0 Å². The third-order valence-corrected chi connectivity index (χ3v) is 4.49. The van der Waals surface area contributed by atoms with Gasteiger partial charge in [-0.3, -0.25) is 0 Å². The maximum Gasteiger partial charge on any atom is 0.304 e. The van der Waals surface area contributed by atoms with Crippen LogP contribution in [0, 0.1) is 0 Å². The van der Waals surface area contributed by atoms with Gasteiger partial charge in [-0.2, -0.15) is 0 Å². The first-order valence-electron chi connectivity index (χ1n) is 6.96. The molecule has 4 nitrogen and oxygen atoms in total. The first-order valence-corrected chi connectivity index (χ1v) is 7.84. The first-order chi connectivity index (χ1) is 10.9. The van der Waals surface area contributed by atoms with Crippen LogP contribution in [0.5, 0.6) is 0 Å². The molecule has 2 heterocycles. The van der Waals surface area contributed by atoms with Crippen LogP contribution in [0.1, 0.15) is 4.88 Å². The lowest BCUT2D eigenvalue weighted by Crippen LogP contribution is -2.42. The number of thiophene rings is 1. The van der Waals surface area contributed by atoms with Crippen LogP contribution in [0.2, 0.25) is 0 Å². The Hall–Kier alpha value is -2.63. The van der Waals surface area contributed by atoms with E-state index in [1.165, 1.54) is 0 Å². The second kappa shape index (κ2) is 5.29. The molecule has 0 N–H and O–H groups in total. The number of rotatable bonds is 3. The zero-order valence-electron chi connectivity index (χ0n) is 11.7. The summed E-state index contributed by atoms with van der Waals surface area (Å²) in [4.78, 5) is 1.07. The molecule has 0 fully saturated rings. The molecule has 1 aliphatic heterocycles. The minimum Gasteiger partial charge on any atom is -0.136 e. The lowest BCUT2D eigenvalue weighted by atomic mass is 10.2. The zero-order chi connectivity index (χ0) is 14.8.